The fourth-order valence-corrected chi connectivity index (χ4v) is 10.3. The zero-order valence-electron chi connectivity index (χ0n) is 19.4. The van der Waals surface area contributed by atoms with Gasteiger partial charge in [-0.15, -0.1) is 0 Å². The van der Waals surface area contributed by atoms with Gasteiger partial charge >= 0.3 is 0 Å². The van der Waals surface area contributed by atoms with E-state index in [4.69, 9.17) is 0 Å². The number of aliphatic hydroxyl groups is 1. The summed E-state index contributed by atoms with van der Waals surface area (Å²) in [5, 5.41) is 10.3. The van der Waals surface area contributed by atoms with Crippen LogP contribution in [0.5, 0.6) is 0 Å². The Labute approximate surface area is 183 Å². The second-order valence-electron chi connectivity index (χ2n) is 13.0. The van der Waals surface area contributed by atoms with Crippen LogP contribution in [-0.2, 0) is 4.79 Å². The van der Waals surface area contributed by atoms with Gasteiger partial charge in [0, 0.05) is 31.5 Å². The fraction of sp³-hybridized carbons (Fsp3) is 0.963. The van der Waals surface area contributed by atoms with E-state index in [9.17, 15) is 9.90 Å². The van der Waals surface area contributed by atoms with Gasteiger partial charge in [0.2, 0.25) is 0 Å². The van der Waals surface area contributed by atoms with Crippen molar-refractivity contribution in [3.63, 3.8) is 0 Å². The first-order chi connectivity index (χ1) is 14.4. The largest absolute Gasteiger partial charge is 0.393 e. The third-order valence-corrected chi connectivity index (χ3v) is 11.8. The van der Waals surface area contributed by atoms with Gasteiger partial charge in [-0.3, -0.25) is 9.69 Å². The van der Waals surface area contributed by atoms with Gasteiger partial charge in [0.1, 0.15) is 5.78 Å². The lowest BCUT2D eigenvalue weighted by Gasteiger charge is -2.56. The maximum atomic E-state index is 13.2. The summed E-state index contributed by atoms with van der Waals surface area (Å²) in [4.78, 5) is 16.1. The van der Waals surface area contributed by atoms with E-state index in [1.165, 1.54) is 45.2 Å². The standard InChI is InChI=1S/C27H43NO2/c1-15-4-7-25-16(2)18-5-6-19-20(22(18)14-28(25)13-15)11-23-21(19)12-26(30)24-10-17(29)8-9-27(23,24)3/h15-25,29H,4-14H2,1-3H3/t15-,16+,17+,18-,19-,20-,21+,22-,23+,24-,25+,27-/m1/s1. The summed E-state index contributed by atoms with van der Waals surface area (Å²) in [6.45, 7) is 10.1. The number of ketones is 1. The van der Waals surface area contributed by atoms with E-state index >= 15 is 0 Å². The first-order valence-electron chi connectivity index (χ1n) is 13.3. The Morgan fingerprint density at radius 2 is 1.70 bits per heavy atom. The van der Waals surface area contributed by atoms with Crippen LogP contribution in [0.15, 0.2) is 0 Å². The van der Waals surface area contributed by atoms with Gasteiger partial charge in [0.15, 0.2) is 0 Å². The molecule has 6 fully saturated rings. The van der Waals surface area contributed by atoms with E-state index in [-0.39, 0.29) is 17.4 Å². The number of carbonyl (C=O) groups is 1. The highest BCUT2D eigenvalue weighted by molar-refractivity contribution is 5.83. The van der Waals surface area contributed by atoms with Gasteiger partial charge in [0.25, 0.3) is 0 Å². The lowest BCUT2D eigenvalue weighted by atomic mass is 9.51. The molecule has 2 saturated heterocycles. The molecule has 3 nitrogen and oxygen atoms in total. The zero-order chi connectivity index (χ0) is 20.8. The molecule has 12 atom stereocenters. The van der Waals surface area contributed by atoms with Crippen molar-refractivity contribution < 1.29 is 9.90 Å². The molecule has 0 radical (unpaired) electrons. The Kier molecular flexibility index (Phi) is 4.75. The summed E-state index contributed by atoms with van der Waals surface area (Å²) in [5.41, 5.74) is 0.161. The lowest BCUT2D eigenvalue weighted by Crippen LogP contribution is -2.58. The minimum Gasteiger partial charge on any atom is -0.393 e. The number of hydrogen-bond acceptors (Lipinski definition) is 3. The van der Waals surface area contributed by atoms with Crippen molar-refractivity contribution in [1.82, 2.24) is 4.90 Å². The molecule has 6 aliphatic rings. The van der Waals surface area contributed by atoms with Gasteiger partial charge in [-0.1, -0.05) is 20.8 Å². The van der Waals surface area contributed by atoms with Crippen LogP contribution in [0.1, 0.15) is 78.6 Å². The van der Waals surface area contributed by atoms with E-state index in [1.54, 1.807) is 0 Å². The Hall–Kier alpha value is -0.410. The average molecular weight is 414 g/mol. The van der Waals surface area contributed by atoms with Crippen LogP contribution in [0, 0.1) is 58.7 Å². The van der Waals surface area contributed by atoms with Gasteiger partial charge in [-0.25, -0.2) is 0 Å². The number of fused-ring (bicyclic) bond motifs is 8. The van der Waals surface area contributed by atoms with Crippen LogP contribution in [-0.4, -0.2) is 41.0 Å². The molecule has 0 aromatic rings. The Morgan fingerprint density at radius 1 is 0.900 bits per heavy atom. The molecule has 0 aromatic carbocycles. The second-order valence-corrected chi connectivity index (χ2v) is 13.0. The molecule has 0 aromatic heterocycles. The molecule has 0 bridgehead atoms. The number of carbonyl (C=O) groups excluding carboxylic acids is 1. The molecule has 2 heterocycles. The molecule has 4 saturated carbocycles. The number of Topliss-reactive ketones (excluding diaryl/α,β-unsaturated/α-hetero) is 1. The van der Waals surface area contributed by atoms with Crippen LogP contribution in [0.4, 0.5) is 0 Å². The minimum absolute atomic E-state index is 0.135. The van der Waals surface area contributed by atoms with Crippen LogP contribution in [0.2, 0.25) is 0 Å². The van der Waals surface area contributed by atoms with Crippen molar-refractivity contribution >= 4 is 5.78 Å². The SMILES string of the molecule is C[C@@H]1CC[C@H]2[C@@H](C)[C@H]3CC[C@@H]4[C@@H](C[C@H]5[C@H]4CC(=O)[C@H]4C[C@@H](O)CC[C@@]45C)[C@@H]3CN2C1. The minimum atomic E-state index is -0.242. The van der Waals surface area contributed by atoms with Crippen molar-refractivity contribution in [3.8, 4) is 0 Å². The summed E-state index contributed by atoms with van der Waals surface area (Å²) >= 11 is 0. The predicted octanol–water partition coefficient (Wildman–Crippen LogP) is 4.77. The smallest absolute Gasteiger partial charge is 0.136 e. The lowest BCUT2D eigenvalue weighted by molar-refractivity contribution is -0.145. The summed E-state index contributed by atoms with van der Waals surface area (Å²) in [6.07, 6.45) is 10.3. The summed E-state index contributed by atoms with van der Waals surface area (Å²) in [5.74, 6) is 7.19. The van der Waals surface area contributed by atoms with Crippen molar-refractivity contribution in [2.24, 2.45) is 58.7 Å². The van der Waals surface area contributed by atoms with E-state index in [1.807, 2.05) is 0 Å². The highest BCUT2D eigenvalue weighted by Gasteiger charge is 2.62. The molecule has 6 rings (SSSR count). The van der Waals surface area contributed by atoms with Crippen molar-refractivity contribution in [3.05, 3.63) is 0 Å². The molecular weight excluding hydrogens is 370 g/mol. The average Bonchev–Trinajstić information content (AvgIpc) is 3.09. The van der Waals surface area contributed by atoms with E-state index in [0.29, 0.717) is 11.7 Å². The van der Waals surface area contributed by atoms with Gasteiger partial charge < -0.3 is 5.11 Å². The maximum Gasteiger partial charge on any atom is 0.136 e. The molecular formula is C27H43NO2. The molecule has 3 heteroatoms. The molecule has 0 spiro atoms. The summed E-state index contributed by atoms with van der Waals surface area (Å²) in [7, 11) is 0. The number of nitrogens with zero attached hydrogens (tertiary/aromatic N) is 1. The van der Waals surface area contributed by atoms with Crippen molar-refractivity contribution in [2.75, 3.05) is 13.1 Å². The molecule has 30 heavy (non-hydrogen) atoms. The number of rotatable bonds is 0. The zero-order valence-corrected chi connectivity index (χ0v) is 19.4. The Morgan fingerprint density at radius 3 is 2.53 bits per heavy atom. The Balaban J connectivity index is 1.28. The quantitative estimate of drug-likeness (QED) is 0.622. The molecule has 168 valence electrons. The second kappa shape index (κ2) is 7.04. The van der Waals surface area contributed by atoms with Crippen molar-refractivity contribution in [2.45, 2.75) is 90.7 Å². The fourth-order valence-electron chi connectivity index (χ4n) is 10.3. The first-order valence-corrected chi connectivity index (χ1v) is 13.3. The number of aliphatic hydroxyl groups excluding tert-OH is 1. The summed E-state index contributed by atoms with van der Waals surface area (Å²) in [6, 6.07) is 0.839. The van der Waals surface area contributed by atoms with Crippen LogP contribution in [0.25, 0.3) is 0 Å². The van der Waals surface area contributed by atoms with E-state index < -0.39 is 0 Å². The molecule has 2 aliphatic heterocycles. The third kappa shape index (κ3) is 2.79. The van der Waals surface area contributed by atoms with Gasteiger partial charge in [-0.05, 0) is 104 Å². The van der Waals surface area contributed by atoms with Gasteiger partial charge in [-0.2, -0.15) is 0 Å². The van der Waals surface area contributed by atoms with Crippen molar-refractivity contribution in [1.29, 1.82) is 0 Å². The highest BCUT2D eigenvalue weighted by Crippen LogP contribution is 2.66. The van der Waals surface area contributed by atoms with E-state index in [0.717, 1.165) is 73.2 Å². The molecule has 1 N–H and O–H groups in total. The highest BCUT2D eigenvalue weighted by atomic mass is 16.3. The third-order valence-electron chi connectivity index (χ3n) is 11.8. The van der Waals surface area contributed by atoms with Gasteiger partial charge in [0.05, 0.1) is 6.10 Å². The first kappa shape index (κ1) is 20.2. The monoisotopic (exact) mass is 413 g/mol. The molecule has 4 aliphatic carbocycles. The topological polar surface area (TPSA) is 40.5 Å². The predicted molar refractivity (Wildman–Crippen MR) is 119 cm³/mol. The van der Waals surface area contributed by atoms with Crippen LogP contribution >= 0.6 is 0 Å². The number of hydrogen-bond donors (Lipinski definition) is 1. The number of piperidine rings is 2. The van der Waals surface area contributed by atoms with Crippen LogP contribution in [0.3, 0.4) is 0 Å². The van der Waals surface area contributed by atoms with Crippen LogP contribution < -0.4 is 0 Å². The van der Waals surface area contributed by atoms with E-state index in [2.05, 4.69) is 25.7 Å². The molecule has 0 unspecified atom stereocenters. The maximum absolute atomic E-state index is 13.2. The Bertz CT molecular complexity index is 705. The molecule has 0 amide bonds. The summed E-state index contributed by atoms with van der Waals surface area (Å²) < 4.78 is 0. The normalized spacial score (nSPS) is 58.3.